The Balaban J connectivity index is 2.32. The Kier molecular flexibility index (Phi) is 4.42. The third-order valence-electron chi connectivity index (χ3n) is 2.94. The lowest BCUT2D eigenvalue weighted by Gasteiger charge is -2.13. The van der Waals surface area contributed by atoms with Crippen LogP contribution in [0.25, 0.3) is 5.69 Å². The van der Waals surface area contributed by atoms with Crippen LogP contribution in [0, 0.1) is 6.92 Å². The maximum absolute atomic E-state index is 12.1. The number of rotatable bonds is 4. The van der Waals surface area contributed by atoms with Gasteiger partial charge in [-0.2, -0.15) is 5.10 Å². The fourth-order valence-electron chi connectivity index (χ4n) is 1.90. The van der Waals surface area contributed by atoms with Crippen LogP contribution in [0.1, 0.15) is 16.2 Å². The molecule has 2 rings (SSSR count). The summed E-state index contributed by atoms with van der Waals surface area (Å²) in [6, 6.07) is 8.99. The van der Waals surface area contributed by atoms with E-state index in [-0.39, 0.29) is 19.1 Å². The lowest BCUT2D eigenvalue weighted by atomic mass is 10.3. The molecule has 0 aliphatic rings. The van der Waals surface area contributed by atoms with Gasteiger partial charge in [0, 0.05) is 24.3 Å². The zero-order valence-electron chi connectivity index (χ0n) is 11.4. The van der Waals surface area contributed by atoms with Crippen molar-refractivity contribution in [2.75, 3.05) is 20.2 Å². The number of carbonyl (C=O) groups excluding carboxylic acids is 1. The monoisotopic (exact) mass is 293 g/mol. The minimum absolute atomic E-state index is 0.0732. The smallest absolute Gasteiger partial charge is 0.274 e. The lowest BCUT2D eigenvalue weighted by Crippen LogP contribution is -2.29. The van der Waals surface area contributed by atoms with Crippen molar-refractivity contribution < 1.29 is 9.90 Å². The second-order valence-electron chi connectivity index (χ2n) is 4.51. The summed E-state index contributed by atoms with van der Waals surface area (Å²) in [4.78, 5) is 13.5. The van der Waals surface area contributed by atoms with Crippen molar-refractivity contribution in [3.63, 3.8) is 0 Å². The van der Waals surface area contributed by atoms with Crippen LogP contribution in [0.5, 0.6) is 0 Å². The number of benzene rings is 1. The molecule has 0 aliphatic heterocycles. The average Bonchev–Trinajstić information content (AvgIpc) is 2.80. The first-order valence-corrected chi connectivity index (χ1v) is 6.59. The molecule has 0 radical (unpaired) electrons. The predicted molar refractivity (Wildman–Crippen MR) is 77.4 cm³/mol. The van der Waals surface area contributed by atoms with E-state index < -0.39 is 0 Å². The molecule has 0 aliphatic carbocycles. The van der Waals surface area contributed by atoms with Gasteiger partial charge in [-0.05, 0) is 31.2 Å². The molecule has 1 N–H and O–H groups in total. The summed E-state index contributed by atoms with van der Waals surface area (Å²) in [5.74, 6) is -0.220. The molecule has 5 nitrogen and oxygen atoms in total. The molecule has 0 fully saturated rings. The van der Waals surface area contributed by atoms with Gasteiger partial charge < -0.3 is 10.0 Å². The van der Waals surface area contributed by atoms with Crippen LogP contribution in [0.3, 0.4) is 0 Å². The molecule has 0 atom stereocenters. The van der Waals surface area contributed by atoms with Gasteiger partial charge in [0.2, 0.25) is 0 Å². The maximum atomic E-state index is 12.1. The van der Waals surface area contributed by atoms with Gasteiger partial charge in [0.1, 0.15) is 0 Å². The van der Waals surface area contributed by atoms with E-state index in [4.69, 9.17) is 16.7 Å². The molecule has 6 heteroatoms. The highest BCUT2D eigenvalue weighted by molar-refractivity contribution is 6.30. The standard InChI is InChI=1S/C14H16ClN3O2/c1-10-8-13(14(20)17(2)6-7-19)16-18(10)12-5-3-4-11(15)9-12/h3-5,8-9,19H,6-7H2,1-2H3. The number of amides is 1. The number of aliphatic hydroxyl groups excluding tert-OH is 1. The zero-order valence-corrected chi connectivity index (χ0v) is 12.1. The van der Waals surface area contributed by atoms with E-state index >= 15 is 0 Å². The summed E-state index contributed by atoms with van der Waals surface area (Å²) in [7, 11) is 1.63. The van der Waals surface area contributed by atoms with Gasteiger partial charge in [0.15, 0.2) is 5.69 Å². The largest absolute Gasteiger partial charge is 0.395 e. The van der Waals surface area contributed by atoms with Crippen LogP contribution >= 0.6 is 11.6 Å². The first kappa shape index (κ1) is 14.6. The van der Waals surface area contributed by atoms with Crippen molar-refractivity contribution in [3.05, 3.63) is 46.7 Å². The van der Waals surface area contributed by atoms with E-state index in [1.165, 1.54) is 4.90 Å². The number of nitrogens with zero attached hydrogens (tertiary/aromatic N) is 3. The van der Waals surface area contributed by atoms with Crippen molar-refractivity contribution in [1.82, 2.24) is 14.7 Å². The maximum Gasteiger partial charge on any atom is 0.274 e. The van der Waals surface area contributed by atoms with E-state index in [0.29, 0.717) is 10.7 Å². The Morgan fingerprint density at radius 3 is 2.85 bits per heavy atom. The molecule has 2 aromatic rings. The van der Waals surface area contributed by atoms with Crippen LogP contribution in [-0.4, -0.2) is 45.9 Å². The van der Waals surface area contributed by atoms with E-state index in [1.54, 1.807) is 29.9 Å². The minimum atomic E-state index is -0.220. The van der Waals surface area contributed by atoms with Crippen LogP contribution < -0.4 is 0 Å². The second-order valence-corrected chi connectivity index (χ2v) is 4.95. The number of aromatic nitrogens is 2. The minimum Gasteiger partial charge on any atom is -0.395 e. The Bertz CT molecular complexity index is 625. The summed E-state index contributed by atoms with van der Waals surface area (Å²) < 4.78 is 1.67. The molecule has 0 saturated heterocycles. The average molecular weight is 294 g/mol. The molecular weight excluding hydrogens is 278 g/mol. The number of aryl methyl sites for hydroxylation is 1. The van der Waals surface area contributed by atoms with E-state index in [9.17, 15) is 4.79 Å². The Hall–Kier alpha value is -1.85. The summed E-state index contributed by atoms with van der Waals surface area (Å²) in [5.41, 5.74) is 1.99. The van der Waals surface area contributed by atoms with Gasteiger partial charge in [0.25, 0.3) is 5.91 Å². The van der Waals surface area contributed by atoms with Gasteiger partial charge in [-0.1, -0.05) is 17.7 Å². The summed E-state index contributed by atoms with van der Waals surface area (Å²) in [6.45, 7) is 2.08. The number of likely N-dealkylation sites (N-methyl/N-ethyl adjacent to an activating group) is 1. The summed E-state index contributed by atoms with van der Waals surface area (Å²) >= 11 is 5.96. The highest BCUT2D eigenvalue weighted by atomic mass is 35.5. The SMILES string of the molecule is Cc1cc(C(=O)N(C)CCO)nn1-c1cccc(Cl)c1. The molecule has 1 amide bonds. The van der Waals surface area contributed by atoms with E-state index in [0.717, 1.165) is 11.4 Å². The van der Waals surface area contributed by atoms with Crippen molar-refractivity contribution in [1.29, 1.82) is 0 Å². The Morgan fingerprint density at radius 2 is 2.20 bits per heavy atom. The molecule has 0 spiro atoms. The molecule has 0 unspecified atom stereocenters. The molecule has 106 valence electrons. The third-order valence-corrected chi connectivity index (χ3v) is 3.18. The fraction of sp³-hybridized carbons (Fsp3) is 0.286. The molecule has 0 bridgehead atoms. The zero-order chi connectivity index (χ0) is 14.7. The van der Waals surface area contributed by atoms with E-state index in [1.807, 2.05) is 19.1 Å². The molecule has 1 heterocycles. The van der Waals surface area contributed by atoms with Crippen LogP contribution in [-0.2, 0) is 0 Å². The van der Waals surface area contributed by atoms with Gasteiger partial charge in [-0.15, -0.1) is 0 Å². The van der Waals surface area contributed by atoms with Gasteiger partial charge >= 0.3 is 0 Å². The first-order valence-electron chi connectivity index (χ1n) is 6.22. The van der Waals surface area contributed by atoms with Crippen LogP contribution in [0.4, 0.5) is 0 Å². The molecular formula is C14H16ClN3O2. The predicted octanol–water partition coefficient (Wildman–Crippen LogP) is 1.90. The van der Waals surface area contributed by atoms with Crippen LogP contribution in [0.2, 0.25) is 5.02 Å². The molecule has 0 saturated carbocycles. The number of halogens is 1. The second kappa shape index (κ2) is 6.07. The fourth-order valence-corrected chi connectivity index (χ4v) is 2.08. The quantitative estimate of drug-likeness (QED) is 0.936. The van der Waals surface area contributed by atoms with Gasteiger partial charge in [0.05, 0.1) is 12.3 Å². The normalized spacial score (nSPS) is 10.6. The van der Waals surface area contributed by atoms with Gasteiger partial charge in [-0.25, -0.2) is 4.68 Å². The van der Waals surface area contributed by atoms with Crippen molar-refractivity contribution in [2.24, 2.45) is 0 Å². The van der Waals surface area contributed by atoms with E-state index in [2.05, 4.69) is 5.10 Å². The third kappa shape index (κ3) is 3.00. The first-order chi connectivity index (χ1) is 9.52. The topological polar surface area (TPSA) is 58.4 Å². The highest BCUT2D eigenvalue weighted by Gasteiger charge is 2.16. The summed E-state index contributed by atoms with van der Waals surface area (Å²) in [5, 5.41) is 13.8. The number of aliphatic hydroxyl groups is 1. The van der Waals surface area contributed by atoms with Crippen molar-refractivity contribution >= 4 is 17.5 Å². The number of hydrogen-bond donors (Lipinski definition) is 1. The Morgan fingerprint density at radius 1 is 1.45 bits per heavy atom. The molecule has 1 aromatic heterocycles. The van der Waals surface area contributed by atoms with Crippen LogP contribution in [0.15, 0.2) is 30.3 Å². The highest BCUT2D eigenvalue weighted by Crippen LogP contribution is 2.17. The lowest BCUT2D eigenvalue weighted by molar-refractivity contribution is 0.0760. The number of carbonyl (C=O) groups is 1. The Labute approximate surface area is 122 Å². The summed E-state index contributed by atoms with van der Waals surface area (Å²) in [6.07, 6.45) is 0. The number of hydrogen-bond acceptors (Lipinski definition) is 3. The van der Waals surface area contributed by atoms with Crippen molar-refractivity contribution in [2.45, 2.75) is 6.92 Å². The van der Waals surface area contributed by atoms with Crippen molar-refractivity contribution in [3.8, 4) is 5.69 Å². The van der Waals surface area contributed by atoms with Gasteiger partial charge in [-0.3, -0.25) is 4.79 Å². The molecule has 1 aromatic carbocycles. The molecule has 20 heavy (non-hydrogen) atoms.